The SMILES string of the molecule is COc1cc(OC)cc(C(=O)N(C)Cc2ccccn2)c1. The molecule has 110 valence electrons. The third-order valence-electron chi connectivity index (χ3n) is 3.07. The number of carbonyl (C=O) groups is 1. The van der Waals surface area contributed by atoms with Gasteiger partial charge in [-0.05, 0) is 24.3 Å². The molecule has 5 nitrogen and oxygen atoms in total. The second-order valence-electron chi connectivity index (χ2n) is 4.58. The van der Waals surface area contributed by atoms with Crippen LogP contribution in [-0.2, 0) is 6.54 Å². The zero-order valence-electron chi connectivity index (χ0n) is 12.4. The Bertz CT molecular complexity index is 592. The van der Waals surface area contributed by atoms with E-state index in [4.69, 9.17) is 9.47 Å². The molecule has 5 heteroatoms. The Hall–Kier alpha value is -2.56. The van der Waals surface area contributed by atoms with Crippen molar-refractivity contribution in [2.24, 2.45) is 0 Å². The first kappa shape index (κ1) is 14.8. The molecule has 0 radical (unpaired) electrons. The number of methoxy groups -OCH3 is 2. The van der Waals surface area contributed by atoms with Crippen LogP contribution in [0.5, 0.6) is 11.5 Å². The molecule has 1 aromatic carbocycles. The van der Waals surface area contributed by atoms with Gasteiger partial charge in [-0.1, -0.05) is 6.07 Å². The van der Waals surface area contributed by atoms with Gasteiger partial charge < -0.3 is 14.4 Å². The second kappa shape index (κ2) is 6.74. The second-order valence-corrected chi connectivity index (χ2v) is 4.58. The van der Waals surface area contributed by atoms with Crippen LogP contribution in [-0.4, -0.2) is 37.1 Å². The lowest BCUT2D eigenvalue weighted by molar-refractivity contribution is 0.0782. The summed E-state index contributed by atoms with van der Waals surface area (Å²) in [7, 11) is 4.85. The van der Waals surface area contributed by atoms with Crippen LogP contribution >= 0.6 is 0 Å². The topological polar surface area (TPSA) is 51.7 Å². The molecule has 0 saturated heterocycles. The number of pyridine rings is 1. The summed E-state index contributed by atoms with van der Waals surface area (Å²) in [5, 5.41) is 0. The summed E-state index contributed by atoms with van der Waals surface area (Å²) in [5.41, 5.74) is 1.35. The maximum atomic E-state index is 12.5. The fourth-order valence-corrected chi connectivity index (χ4v) is 1.96. The lowest BCUT2D eigenvalue weighted by Gasteiger charge is -2.17. The summed E-state index contributed by atoms with van der Waals surface area (Å²) in [4.78, 5) is 18.3. The van der Waals surface area contributed by atoms with E-state index in [0.717, 1.165) is 5.69 Å². The summed E-state index contributed by atoms with van der Waals surface area (Å²) in [6, 6.07) is 10.7. The Labute approximate surface area is 124 Å². The minimum absolute atomic E-state index is 0.113. The average Bonchev–Trinajstić information content (AvgIpc) is 2.54. The van der Waals surface area contributed by atoms with Crippen LogP contribution in [0.15, 0.2) is 42.6 Å². The molecule has 0 unspecified atom stereocenters. The van der Waals surface area contributed by atoms with Gasteiger partial charge in [-0.2, -0.15) is 0 Å². The van der Waals surface area contributed by atoms with Gasteiger partial charge in [-0.3, -0.25) is 9.78 Å². The molecule has 0 N–H and O–H groups in total. The first-order valence-electron chi connectivity index (χ1n) is 6.52. The molecule has 0 atom stereocenters. The van der Waals surface area contributed by atoms with Gasteiger partial charge in [0.05, 0.1) is 26.5 Å². The highest BCUT2D eigenvalue weighted by Crippen LogP contribution is 2.23. The largest absolute Gasteiger partial charge is 0.497 e. The van der Waals surface area contributed by atoms with Gasteiger partial charge in [-0.15, -0.1) is 0 Å². The van der Waals surface area contributed by atoms with Gasteiger partial charge in [-0.25, -0.2) is 0 Å². The fourth-order valence-electron chi connectivity index (χ4n) is 1.96. The van der Waals surface area contributed by atoms with Gasteiger partial charge in [0.1, 0.15) is 11.5 Å². The molecule has 21 heavy (non-hydrogen) atoms. The van der Waals surface area contributed by atoms with Gasteiger partial charge in [0, 0.05) is 24.9 Å². The van der Waals surface area contributed by atoms with E-state index < -0.39 is 0 Å². The Morgan fingerprint density at radius 3 is 2.33 bits per heavy atom. The molecule has 1 heterocycles. The van der Waals surface area contributed by atoms with Crippen LogP contribution in [0.1, 0.15) is 16.1 Å². The predicted molar refractivity (Wildman–Crippen MR) is 79.6 cm³/mol. The third kappa shape index (κ3) is 3.72. The Morgan fingerprint density at radius 2 is 1.81 bits per heavy atom. The fraction of sp³-hybridized carbons (Fsp3) is 0.250. The van der Waals surface area contributed by atoms with E-state index >= 15 is 0 Å². The van der Waals surface area contributed by atoms with Crippen molar-refractivity contribution >= 4 is 5.91 Å². The standard InChI is InChI=1S/C16H18N2O3/c1-18(11-13-6-4-5-7-17-13)16(19)12-8-14(20-2)10-15(9-12)21-3/h4-10H,11H2,1-3H3. The van der Waals surface area contributed by atoms with Gasteiger partial charge >= 0.3 is 0 Å². The summed E-state index contributed by atoms with van der Waals surface area (Å²) < 4.78 is 10.4. The smallest absolute Gasteiger partial charge is 0.254 e. The monoisotopic (exact) mass is 286 g/mol. The number of amides is 1. The van der Waals surface area contributed by atoms with Crippen LogP contribution in [0, 0.1) is 0 Å². The van der Waals surface area contributed by atoms with Crippen molar-refractivity contribution in [3.8, 4) is 11.5 Å². The quantitative estimate of drug-likeness (QED) is 0.846. The van der Waals surface area contributed by atoms with Crippen LogP contribution in [0.4, 0.5) is 0 Å². The number of hydrogen-bond donors (Lipinski definition) is 0. The Morgan fingerprint density at radius 1 is 1.14 bits per heavy atom. The van der Waals surface area contributed by atoms with E-state index in [1.807, 2.05) is 18.2 Å². The molecule has 0 aliphatic heterocycles. The van der Waals surface area contributed by atoms with E-state index in [1.54, 1.807) is 50.6 Å². The number of carbonyl (C=O) groups excluding carboxylic acids is 1. The molecule has 0 fully saturated rings. The van der Waals surface area contributed by atoms with Crippen molar-refractivity contribution in [3.05, 3.63) is 53.9 Å². The molecule has 2 aromatic rings. The number of benzene rings is 1. The first-order valence-corrected chi connectivity index (χ1v) is 6.52. The zero-order chi connectivity index (χ0) is 15.2. The van der Waals surface area contributed by atoms with Gasteiger partial charge in [0.2, 0.25) is 0 Å². The summed E-state index contributed by atoms with van der Waals surface area (Å²) >= 11 is 0. The third-order valence-corrected chi connectivity index (χ3v) is 3.07. The number of ether oxygens (including phenoxy) is 2. The van der Waals surface area contributed by atoms with Crippen LogP contribution in [0.2, 0.25) is 0 Å². The minimum atomic E-state index is -0.113. The maximum Gasteiger partial charge on any atom is 0.254 e. The average molecular weight is 286 g/mol. The van der Waals surface area contributed by atoms with Crippen LogP contribution < -0.4 is 9.47 Å². The van der Waals surface area contributed by atoms with Crippen molar-refractivity contribution < 1.29 is 14.3 Å². The lowest BCUT2D eigenvalue weighted by atomic mass is 10.1. The molecule has 0 aliphatic carbocycles. The number of aromatic nitrogens is 1. The highest BCUT2D eigenvalue weighted by Gasteiger charge is 2.15. The predicted octanol–water partition coefficient (Wildman–Crippen LogP) is 2.37. The summed E-state index contributed by atoms with van der Waals surface area (Å²) in [6.45, 7) is 0.444. The van der Waals surface area contributed by atoms with E-state index in [-0.39, 0.29) is 5.91 Å². The van der Waals surface area contributed by atoms with Crippen LogP contribution in [0.3, 0.4) is 0 Å². The molecule has 0 bridgehead atoms. The molecular weight excluding hydrogens is 268 g/mol. The van der Waals surface area contributed by atoms with Crippen molar-refractivity contribution in [2.75, 3.05) is 21.3 Å². The molecule has 0 aliphatic rings. The highest BCUT2D eigenvalue weighted by atomic mass is 16.5. The van der Waals surface area contributed by atoms with E-state index in [1.165, 1.54) is 0 Å². The Balaban J connectivity index is 2.19. The van der Waals surface area contributed by atoms with Crippen molar-refractivity contribution in [3.63, 3.8) is 0 Å². The van der Waals surface area contributed by atoms with E-state index in [9.17, 15) is 4.79 Å². The normalized spacial score (nSPS) is 10.0. The summed E-state index contributed by atoms with van der Waals surface area (Å²) in [5.74, 6) is 1.06. The lowest BCUT2D eigenvalue weighted by Crippen LogP contribution is -2.26. The number of hydrogen-bond acceptors (Lipinski definition) is 4. The number of rotatable bonds is 5. The Kier molecular flexibility index (Phi) is 4.77. The highest BCUT2D eigenvalue weighted by molar-refractivity contribution is 5.94. The molecule has 2 rings (SSSR count). The van der Waals surface area contributed by atoms with Crippen LogP contribution in [0.25, 0.3) is 0 Å². The molecular formula is C16H18N2O3. The minimum Gasteiger partial charge on any atom is -0.497 e. The zero-order valence-corrected chi connectivity index (χ0v) is 12.4. The number of nitrogens with zero attached hydrogens (tertiary/aromatic N) is 2. The molecule has 1 amide bonds. The van der Waals surface area contributed by atoms with Gasteiger partial charge in [0.15, 0.2) is 0 Å². The van der Waals surface area contributed by atoms with E-state index in [0.29, 0.717) is 23.6 Å². The van der Waals surface area contributed by atoms with Crippen molar-refractivity contribution in [2.45, 2.75) is 6.54 Å². The molecule has 0 saturated carbocycles. The van der Waals surface area contributed by atoms with Gasteiger partial charge in [0.25, 0.3) is 5.91 Å². The molecule has 0 spiro atoms. The van der Waals surface area contributed by atoms with E-state index in [2.05, 4.69) is 4.98 Å². The first-order chi connectivity index (χ1) is 10.1. The van der Waals surface area contributed by atoms with Crippen molar-refractivity contribution in [1.82, 2.24) is 9.88 Å². The van der Waals surface area contributed by atoms with Crippen molar-refractivity contribution in [1.29, 1.82) is 0 Å². The summed E-state index contributed by atoms with van der Waals surface area (Å²) in [6.07, 6.45) is 1.71. The maximum absolute atomic E-state index is 12.5. The molecule has 1 aromatic heterocycles.